The maximum atomic E-state index is 13.0. The molecule has 3 aromatic rings. The number of nitrogens with one attached hydrogen (secondary N) is 1. The third-order valence-electron chi connectivity index (χ3n) is 6.57. The molecule has 37 heavy (non-hydrogen) atoms. The summed E-state index contributed by atoms with van der Waals surface area (Å²) in [7, 11) is 0. The molecule has 3 aromatic heterocycles. The van der Waals surface area contributed by atoms with Gasteiger partial charge in [-0.05, 0) is 38.7 Å². The van der Waals surface area contributed by atoms with Crippen LogP contribution in [0.5, 0.6) is 0 Å². The number of piperidine rings is 1. The minimum absolute atomic E-state index is 0.0517. The summed E-state index contributed by atoms with van der Waals surface area (Å²) >= 11 is 1.46. The van der Waals surface area contributed by atoms with E-state index >= 15 is 0 Å². The number of ether oxygens (including phenoxy) is 1. The van der Waals surface area contributed by atoms with E-state index in [0.717, 1.165) is 66.6 Å². The molecule has 5 heterocycles. The second-order valence-electron chi connectivity index (χ2n) is 9.22. The van der Waals surface area contributed by atoms with Crippen molar-refractivity contribution in [3.05, 3.63) is 34.7 Å². The molecular formula is C25H33N7O4S. The van der Waals surface area contributed by atoms with Crippen LogP contribution in [0.15, 0.2) is 18.5 Å². The number of amides is 1. The van der Waals surface area contributed by atoms with Gasteiger partial charge < -0.3 is 19.9 Å². The SMILES string of the molecule is CCOOCc1cnc(N2CCC(CNC(=O)c3cc4nc(C)nc(N5CCOCC5)c4s3)CC2)nc1. The number of carbonyl (C=O) groups is 1. The van der Waals surface area contributed by atoms with E-state index in [4.69, 9.17) is 14.5 Å². The van der Waals surface area contributed by atoms with Gasteiger partial charge in [0.05, 0.1) is 34.9 Å². The lowest BCUT2D eigenvalue weighted by Gasteiger charge is -2.32. The lowest BCUT2D eigenvalue weighted by molar-refractivity contribution is -0.300. The van der Waals surface area contributed by atoms with Crippen molar-refractivity contribution in [3.63, 3.8) is 0 Å². The number of aryl methyl sites for hydroxylation is 1. The molecule has 0 aliphatic carbocycles. The van der Waals surface area contributed by atoms with Gasteiger partial charge >= 0.3 is 0 Å². The van der Waals surface area contributed by atoms with Gasteiger partial charge in [-0.1, -0.05) is 0 Å². The van der Waals surface area contributed by atoms with Crippen LogP contribution in [0.2, 0.25) is 0 Å². The molecule has 2 saturated heterocycles. The highest BCUT2D eigenvalue weighted by molar-refractivity contribution is 7.21. The molecular weight excluding hydrogens is 494 g/mol. The third kappa shape index (κ3) is 6.32. The van der Waals surface area contributed by atoms with Crippen molar-refractivity contribution >= 4 is 39.2 Å². The van der Waals surface area contributed by atoms with Crippen molar-refractivity contribution in [3.8, 4) is 0 Å². The van der Waals surface area contributed by atoms with E-state index in [9.17, 15) is 4.79 Å². The zero-order valence-electron chi connectivity index (χ0n) is 21.3. The Morgan fingerprint density at radius 2 is 1.86 bits per heavy atom. The summed E-state index contributed by atoms with van der Waals surface area (Å²) in [6.45, 7) is 9.91. The van der Waals surface area contributed by atoms with Gasteiger partial charge in [0.25, 0.3) is 5.91 Å². The van der Waals surface area contributed by atoms with E-state index in [1.807, 2.05) is 19.9 Å². The smallest absolute Gasteiger partial charge is 0.261 e. The number of thiophene rings is 1. The number of anilines is 2. The molecule has 2 fully saturated rings. The molecule has 2 aliphatic heterocycles. The Morgan fingerprint density at radius 3 is 2.59 bits per heavy atom. The number of nitrogens with zero attached hydrogens (tertiary/aromatic N) is 6. The van der Waals surface area contributed by atoms with Gasteiger partial charge in [-0.2, -0.15) is 0 Å². The molecule has 0 saturated carbocycles. The molecule has 12 heteroatoms. The molecule has 5 rings (SSSR count). The minimum Gasteiger partial charge on any atom is -0.378 e. The van der Waals surface area contributed by atoms with Gasteiger partial charge in [0.2, 0.25) is 5.95 Å². The van der Waals surface area contributed by atoms with Crippen molar-refractivity contribution in [1.29, 1.82) is 0 Å². The van der Waals surface area contributed by atoms with Gasteiger partial charge in [0.15, 0.2) is 5.82 Å². The van der Waals surface area contributed by atoms with Crippen LogP contribution in [0.1, 0.15) is 40.8 Å². The van der Waals surface area contributed by atoms with Gasteiger partial charge in [-0.3, -0.25) is 4.79 Å². The van der Waals surface area contributed by atoms with Gasteiger partial charge in [0, 0.05) is 50.7 Å². The Bertz CT molecular complexity index is 1190. The Morgan fingerprint density at radius 1 is 1.11 bits per heavy atom. The van der Waals surface area contributed by atoms with Crippen molar-refractivity contribution in [2.24, 2.45) is 5.92 Å². The first-order valence-corrected chi connectivity index (χ1v) is 13.6. The van der Waals surface area contributed by atoms with Crippen LogP contribution in [0.3, 0.4) is 0 Å². The summed E-state index contributed by atoms with van der Waals surface area (Å²) in [5, 5.41) is 3.14. The molecule has 198 valence electrons. The average molecular weight is 528 g/mol. The number of fused-ring (bicyclic) bond motifs is 1. The quantitative estimate of drug-likeness (QED) is 0.253. The van der Waals surface area contributed by atoms with E-state index in [1.165, 1.54) is 11.3 Å². The molecule has 0 bridgehead atoms. The minimum atomic E-state index is -0.0517. The lowest BCUT2D eigenvalue weighted by Crippen LogP contribution is -2.39. The lowest BCUT2D eigenvalue weighted by atomic mass is 9.97. The summed E-state index contributed by atoms with van der Waals surface area (Å²) in [5.74, 6) is 2.70. The van der Waals surface area contributed by atoms with E-state index in [2.05, 4.69) is 35.1 Å². The highest BCUT2D eigenvalue weighted by Crippen LogP contribution is 2.32. The van der Waals surface area contributed by atoms with E-state index in [-0.39, 0.29) is 5.91 Å². The fourth-order valence-electron chi connectivity index (χ4n) is 4.57. The second kappa shape index (κ2) is 12.1. The topological polar surface area (TPSA) is 115 Å². The number of morpholine rings is 1. The Labute approximate surface area is 220 Å². The first-order valence-electron chi connectivity index (χ1n) is 12.8. The molecule has 2 aliphatic rings. The highest BCUT2D eigenvalue weighted by Gasteiger charge is 2.23. The van der Waals surface area contributed by atoms with Crippen LogP contribution in [0.4, 0.5) is 11.8 Å². The molecule has 1 N–H and O–H groups in total. The largest absolute Gasteiger partial charge is 0.378 e. The summed E-state index contributed by atoms with van der Waals surface area (Å²) < 4.78 is 6.44. The van der Waals surface area contributed by atoms with Crippen LogP contribution in [0, 0.1) is 12.8 Å². The van der Waals surface area contributed by atoms with Crippen LogP contribution in [-0.4, -0.2) is 78.4 Å². The summed E-state index contributed by atoms with van der Waals surface area (Å²) in [4.78, 5) is 46.3. The zero-order chi connectivity index (χ0) is 25.6. The Balaban J connectivity index is 1.14. The molecule has 1 amide bonds. The third-order valence-corrected chi connectivity index (χ3v) is 7.69. The predicted molar refractivity (Wildman–Crippen MR) is 141 cm³/mol. The zero-order valence-corrected chi connectivity index (χ0v) is 22.1. The van der Waals surface area contributed by atoms with E-state index in [1.54, 1.807) is 12.4 Å². The van der Waals surface area contributed by atoms with E-state index in [0.29, 0.717) is 49.6 Å². The van der Waals surface area contributed by atoms with Crippen LogP contribution in [-0.2, 0) is 21.1 Å². The first-order chi connectivity index (χ1) is 18.1. The van der Waals surface area contributed by atoms with Crippen molar-refractivity contribution < 1.29 is 19.3 Å². The maximum absolute atomic E-state index is 13.0. The van der Waals surface area contributed by atoms with Gasteiger partial charge in [-0.25, -0.2) is 29.7 Å². The highest BCUT2D eigenvalue weighted by atomic mass is 32.1. The maximum Gasteiger partial charge on any atom is 0.261 e. The monoisotopic (exact) mass is 527 g/mol. The number of rotatable bonds is 9. The molecule has 0 radical (unpaired) electrons. The molecule has 0 atom stereocenters. The van der Waals surface area contributed by atoms with Crippen molar-refractivity contribution in [2.75, 3.05) is 62.3 Å². The average Bonchev–Trinajstić information content (AvgIpc) is 3.37. The number of carbonyl (C=O) groups excluding carboxylic acids is 1. The summed E-state index contributed by atoms with van der Waals surface area (Å²) in [6, 6.07) is 1.89. The molecule has 11 nitrogen and oxygen atoms in total. The van der Waals surface area contributed by atoms with Crippen LogP contribution >= 0.6 is 11.3 Å². The predicted octanol–water partition coefficient (Wildman–Crippen LogP) is 2.74. The summed E-state index contributed by atoms with van der Waals surface area (Å²) in [6.07, 6.45) is 5.48. The second-order valence-corrected chi connectivity index (χ2v) is 10.3. The standard InChI is InChI=1S/C25H33N7O4S/c1-3-35-36-16-19-14-27-25(28-15-19)32-6-4-18(5-7-32)13-26-24(33)21-12-20-22(37-21)23(30-17(2)29-20)31-8-10-34-11-9-31/h12,14-15,18H,3-11,13,16H2,1-2H3,(H,26,33). The number of hydrogen-bond acceptors (Lipinski definition) is 11. The van der Waals surface area contributed by atoms with Crippen molar-refractivity contribution in [2.45, 2.75) is 33.3 Å². The first kappa shape index (κ1) is 25.7. The normalized spacial score (nSPS) is 16.9. The van der Waals surface area contributed by atoms with Crippen LogP contribution < -0.4 is 15.1 Å². The molecule has 0 unspecified atom stereocenters. The fraction of sp³-hybridized carbons (Fsp3) is 0.560. The number of hydrogen-bond donors (Lipinski definition) is 1. The Kier molecular flexibility index (Phi) is 8.39. The van der Waals surface area contributed by atoms with Gasteiger partial charge in [-0.15, -0.1) is 11.3 Å². The molecule has 0 aromatic carbocycles. The fourth-order valence-corrected chi connectivity index (χ4v) is 5.60. The summed E-state index contributed by atoms with van der Waals surface area (Å²) in [5.41, 5.74) is 1.70. The Hall–Kier alpha value is -2.93. The van der Waals surface area contributed by atoms with E-state index < -0.39 is 0 Å². The molecule has 0 spiro atoms. The van der Waals surface area contributed by atoms with Gasteiger partial charge in [0.1, 0.15) is 12.4 Å². The number of aromatic nitrogens is 4. The van der Waals surface area contributed by atoms with Crippen molar-refractivity contribution in [1.82, 2.24) is 25.3 Å². The van der Waals surface area contributed by atoms with Crippen LogP contribution in [0.25, 0.3) is 10.2 Å².